The van der Waals surface area contributed by atoms with Crippen LogP contribution in [-0.4, -0.2) is 22.3 Å². The van der Waals surface area contributed by atoms with Gasteiger partial charge in [0.05, 0.1) is 5.69 Å². The van der Waals surface area contributed by atoms with Crippen molar-refractivity contribution in [2.24, 2.45) is 5.73 Å². The molecule has 0 amide bonds. The molecule has 0 aliphatic carbocycles. The van der Waals surface area contributed by atoms with Gasteiger partial charge in [0.2, 0.25) is 5.95 Å². The predicted octanol–water partition coefficient (Wildman–Crippen LogP) is 4.89. The van der Waals surface area contributed by atoms with Crippen LogP contribution in [0, 0.1) is 0 Å². The highest BCUT2D eigenvalue weighted by Gasteiger charge is 2.14. The highest BCUT2D eigenvalue weighted by molar-refractivity contribution is 7.08. The Labute approximate surface area is 170 Å². The van der Waals surface area contributed by atoms with Crippen LogP contribution in [0.1, 0.15) is 27.7 Å². The Morgan fingerprint density at radius 3 is 2.54 bits per heavy atom. The molecule has 0 spiro atoms. The summed E-state index contributed by atoms with van der Waals surface area (Å²) in [4.78, 5) is 21.5. The van der Waals surface area contributed by atoms with Gasteiger partial charge in [-0.1, -0.05) is 24.3 Å². The number of nitrogens with one attached hydrogen (secondary N) is 1. The Kier molecular flexibility index (Phi) is 7.46. The number of thiophene rings is 1. The van der Waals surface area contributed by atoms with Crippen LogP contribution in [0.4, 0.5) is 5.95 Å². The van der Waals surface area contributed by atoms with Crippen molar-refractivity contribution >= 4 is 23.1 Å². The second kappa shape index (κ2) is 9.80. The first-order chi connectivity index (χ1) is 13.3. The fourth-order valence-corrected chi connectivity index (χ4v) is 2.94. The summed E-state index contributed by atoms with van der Waals surface area (Å²) in [5.74, 6) is 0.349. The van der Waals surface area contributed by atoms with Crippen molar-refractivity contribution in [2.45, 2.75) is 27.7 Å². The molecule has 2 aromatic rings. The lowest BCUT2D eigenvalue weighted by atomic mass is 10.0. The molecule has 0 saturated carbocycles. The summed E-state index contributed by atoms with van der Waals surface area (Å²) in [5.41, 5.74) is 11.4. The maximum atomic E-state index is 12.8. The van der Waals surface area contributed by atoms with Crippen LogP contribution in [0.2, 0.25) is 0 Å². The van der Waals surface area contributed by atoms with Crippen molar-refractivity contribution in [1.82, 2.24) is 9.97 Å². The van der Waals surface area contributed by atoms with Gasteiger partial charge in [-0.15, -0.1) is 0 Å². The Bertz CT molecular complexity index is 949. The molecule has 146 valence electrons. The van der Waals surface area contributed by atoms with E-state index in [9.17, 15) is 4.79 Å². The fourth-order valence-electron chi connectivity index (χ4n) is 2.29. The van der Waals surface area contributed by atoms with Crippen LogP contribution in [0.25, 0.3) is 11.3 Å². The molecule has 2 rings (SSSR count). The number of nitrogens with two attached hydrogens (primary N) is 1. The maximum absolute atomic E-state index is 12.8. The highest BCUT2D eigenvalue weighted by Crippen LogP contribution is 2.20. The fraction of sp³-hybridized carbons (Fsp3) is 0.227. The standard InChI is InChI=1S/C22H26N4OS/c1-14(2)15(3)6-7-16(4)21(27)19(17(5)23)12-25-22-24-10-8-20(26-22)18-9-11-28-13-18/h6-11,13H,1,12,23H2,2-5H3,(H,24,25,26)/b15-6-,16-7+,19-17-. The summed E-state index contributed by atoms with van der Waals surface area (Å²) in [6.07, 6.45) is 5.38. The molecule has 0 saturated heterocycles. The van der Waals surface area contributed by atoms with Gasteiger partial charge in [0.15, 0.2) is 5.78 Å². The van der Waals surface area contributed by atoms with Crippen LogP contribution >= 0.6 is 11.3 Å². The number of allylic oxidation sites excluding steroid dienone is 6. The molecule has 0 fully saturated rings. The average Bonchev–Trinajstić information content (AvgIpc) is 3.20. The number of anilines is 1. The minimum absolute atomic E-state index is 0.104. The number of Topliss-reactive ketones (excluding diaryl/α,β-unsaturated/α-hetero) is 1. The largest absolute Gasteiger partial charge is 0.402 e. The predicted molar refractivity (Wildman–Crippen MR) is 118 cm³/mol. The number of carbonyl (C=O) groups excluding carboxylic acids is 1. The SMILES string of the molecule is C=C(C)/C(C)=C\C=C(/C)C(=O)/C(CNc1nccc(-c2ccsc2)n1)=C(/C)N. The molecular formula is C22H26N4OS. The Balaban J connectivity index is 2.14. The molecule has 2 heterocycles. The zero-order valence-corrected chi connectivity index (χ0v) is 17.6. The van der Waals surface area contributed by atoms with Crippen molar-refractivity contribution in [2.75, 3.05) is 11.9 Å². The van der Waals surface area contributed by atoms with Crippen molar-refractivity contribution in [1.29, 1.82) is 0 Å². The molecule has 28 heavy (non-hydrogen) atoms. The maximum Gasteiger partial charge on any atom is 0.223 e. The Morgan fingerprint density at radius 2 is 1.93 bits per heavy atom. The average molecular weight is 395 g/mol. The van der Waals surface area contributed by atoms with Crippen molar-refractivity contribution in [3.8, 4) is 11.3 Å². The molecule has 2 aromatic heterocycles. The Morgan fingerprint density at radius 1 is 1.21 bits per heavy atom. The zero-order valence-electron chi connectivity index (χ0n) is 16.7. The van der Waals surface area contributed by atoms with Gasteiger partial charge in [-0.2, -0.15) is 11.3 Å². The van der Waals surface area contributed by atoms with E-state index in [0.29, 0.717) is 22.8 Å². The third-order valence-electron chi connectivity index (χ3n) is 4.26. The topological polar surface area (TPSA) is 80.9 Å². The normalized spacial score (nSPS) is 13.1. The minimum atomic E-state index is -0.104. The van der Waals surface area contributed by atoms with E-state index in [0.717, 1.165) is 22.4 Å². The summed E-state index contributed by atoms with van der Waals surface area (Å²) in [5, 5.41) is 7.14. The van der Waals surface area contributed by atoms with Gasteiger partial charge in [0.25, 0.3) is 0 Å². The smallest absolute Gasteiger partial charge is 0.223 e. The molecule has 5 nitrogen and oxygen atoms in total. The van der Waals surface area contributed by atoms with E-state index >= 15 is 0 Å². The van der Waals surface area contributed by atoms with Crippen LogP contribution < -0.4 is 11.1 Å². The van der Waals surface area contributed by atoms with Crippen LogP contribution in [0.5, 0.6) is 0 Å². The quantitative estimate of drug-likeness (QED) is 0.492. The van der Waals surface area contributed by atoms with Gasteiger partial charge >= 0.3 is 0 Å². The minimum Gasteiger partial charge on any atom is -0.402 e. The molecule has 6 heteroatoms. The summed E-state index contributed by atoms with van der Waals surface area (Å²) >= 11 is 1.61. The van der Waals surface area contributed by atoms with Crippen molar-refractivity contribution in [3.63, 3.8) is 0 Å². The molecule has 0 aliphatic heterocycles. The first-order valence-electron chi connectivity index (χ1n) is 8.90. The second-order valence-corrected chi connectivity index (χ2v) is 7.38. The number of hydrogen-bond acceptors (Lipinski definition) is 6. The highest BCUT2D eigenvalue weighted by atomic mass is 32.1. The molecule has 0 atom stereocenters. The third-order valence-corrected chi connectivity index (χ3v) is 4.94. The number of rotatable bonds is 8. The second-order valence-electron chi connectivity index (χ2n) is 6.60. The van der Waals surface area contributed by atoms with E-state index in [1.54, 1.807) is 37.5 Å². The van der Waals surface area contributed by atoms with Crippen LogP contribution in [-0.2, 0) is 4.79 Å². The molecule has 0 radical (unpaired) electrons. The summed E-state index contributed by atoms with van der Waals surface area (Å²) in [6.45, 7) is 11.5. The number of ketones is 1. The van der Waals surface area contributed by atoms with Gasteiger partial charge < -0.3 is 11.1 Å². The van der Waals surface area contributed by atoms with Crippen LogP contribution in [0.3, 0.4) is 0 Å². The zero-order chi connectivity index (χ0) is 20.7. The van der Waals surface area contributed by atoms with E-state index in [-0.39, 0.29) is 12.3 Å². The molecule has 0 unspecified atom stereocenters. The third kappa shape index (κ3) is 5.76. The lowest BCUT2D eigenvalue weighted by molar-refractivity contribution is -0.112. The molecule has 0 bridgehead atoms. The molecule has 0 aromatic carbocycles. The number of hydrogen-bond donors (Lipinski definition) is 2. The molecular weight excluding hydrogens is 368 g/mol. The first kappa shape index (κ1) is 21.3. The number of carbonyl (C=O) groups is 1. The van der Waals surface area contributed by atoms with E-state index in [1.807, 2.05) is 42.8 Å². The summed E-state index contributed by atoms with van der Waals surface area (Å²) in [6, 6.07) is 3.86. The van der Waals surface area contributed by atoms with Gasteiger partial charge in [0, 0.05) is 35.0 Å². The lowest BCUT2D eigenvalue weighted by Crippen LogP contribution is -2.19. The van der Waals surface area contributed by atoms with E-state index in [4.69, 9.17) is 5.73 Å². The van der Waals surface area contributed by atoms with Crippen molar-refractivity contribution in [3.05, 3.63) is 75.8 Å². The monoisotopic (exact) mass is 394 g/mol. The lowest BCUT2D eigenvalue weighted by Gasteiger charge is -2.11. The van der Waals surface area contributed by atoms with Gasteiger partial charge in [-0.25, -0.2) is 9.97 Å². The first-order valence-corrected chi connectivity index (χ1v) is 9.84. The number of nitrogens with zero attached hydrogens (tertiary/aromatic N) is 2. The van der Waals surface area contributed by atoms with Crippen molar-refractivity contribution < 1.29 is 4.79 Å². The van der Waals surface area contributed by atoms with Gasteiger partial charge in [-0.3, -0.25) is 4.79 Å². The molecule has 3 N–H and O–H groups in total. The van der Waals surface area contributed by atoms with Gasteiger partial charge in [0.1, 0.15) is 0 Å². The Hall–Kier alpha value is -2.99. The van der Waals surface area contributed by atoms with E-state index < -0.39 is 0 Å². The molecule has 0 aliphatic rings. The number of aromatic nitrogens is 2. The summed E-state index contributed by atoms with van der Waals surface area (Å²) < 4.78 is 0. The van der Waals surface area contributed by atoms with E-state index in [1.165, 1.54) is 0 Å². The van der Waals surface area contributed by atoms with Crippen LogP contribution in [0.15, 0.2) is 75.8 Å². The van der Waals surface area contributed by atoms with E-state index in [2.05, 4.69) is 21.9 Å². The van der Waals surface area contributed by atoms with Gasteiger partial charge in [-0.05, 0) is 56.4 Å². The summed E-state index contributed by atoms with van der Waals surface area (Å²) in [7, 11) is 0.